The first kappa shape index (κ1) is 19.2. The Balaban J connectivity index is 1.94. The number of rotatable bonds is 7. The number of benzene rings is 1. The molecule has 6 heteroatoms. The number of halogens is 1. The van der Waals surface area contributed by atoms with Crippen LogP contribution < -0.4 is 10.6 Å². The maximum absolute atomic E-state index is 13.1. The van der Waals surface area contributed by atoms with Crippen LogP contribution in [0.2, 0.25) is 0 Å². The van der Waals surface area contributed by atoms with Gasteiger partial charge in [0.15, 0.2) is 0 Å². The molecule has 0 bridgehead atoms. The van der Waals surface area contributed by atoms with Crippen molar-refractivity contribution < 1.29 is 14.0 Å². The summed E-state index contributed by atoms with van der Waals surface area (Å²) in [4.78, 5) is 25.8. The second-order valence-electron chi connectivity index (χ2n) is 6.55. The first-order valence-electron chi connectivity index (χ1n) is 9.09. The largest absolute Gasteiger partial charge is 0.359 e. The van der Waals surface area contributed by atoms with Crippen LogP contribution in [-0.4, -0.2) is 36.5 Å². The molecule has 0 heterocycles. The average molecular weight is 349 g/mol. The first-order chi connectivity index (χ1) is 12.1. The molecule has 5 nitrogen and oxygen atoms in total. The number of hydrogen-bond acceptors (Lipinski definition) is 2. The topological polar surface area (TPSA) is 61.4 Å². The highest BCUT2D eigenvalue weighted by atomic mass is 19.1. The van der Waals surface area contributed by atoms with E-state index in [1.54, 1.807) is 19.2 Å². The van der Waals surface area contributed by atoms with Gasteiger partial charge in [-0.3, -0.25) is 4.79 Å². The van der Waals surface area contributed by atoms with Crippen molar-refractivity contribution in [2.75, 3.05) is 13.6 Å². The maximum atomic E-state index is 13.1. The summed E-state index contributed by atoms with van der Waals surface area (Å²) in [7, 11) is 1.61. The fraction of sp³-hybridized carbons (Fsp3) is 0.579. The summed E-state index contributed by atoms with van der Waals surface area (Å²) in [6, 6.07) is 6.42. The molecule has 0 aliphatic heterocycles. The summed E-state index contributed by atoms with van der Waals surface area (Å²) in [6.07, 6.45) is 6.51. The summed E-state index contributed by atoms with van der Waals surface area (Å²) in [5, 5.41) is 5.50. The van der Waals surface area contributed by atoms with Crippen LogP contribution in [0.15, 0.2) is 24.3 Å². The van der Waals surface area contributed by atoms with Gasteiger partial charge >= 0.3 is 6.03 Å². The van der Waals surface area contributed by atoms with Gasteiger partial charge in [-0.25, -0.2) is 9.18 Å². The van der Waals surface area contributed by atoms with E-state index in [0.29, 0.717) is 25.9 Å². The normalized spacial score (nSPS) is 14.8. The van der Waals surface area contributed by atoms with Crippen molar-refractivity contribution in [3.05, 3.63) is 35.6 Å². The van der Waals surface area contributed by atoms with Crippen molar-refractivity contribution in [1.82, 2.24) is 15.5 Å². The lowest BCUT2D eigenvalue weighted by molar-refractivity contribution is -0.120. The van der Waals surface area contributed by atoms with E-state index in [2.05, 4.69) is 10.6 Å². The summed E-state index contributed by atoms with van der Waals surface area (Å²) >= 11 is 0. The van der Waals surface area contributed by atoms with Crippen molar-refractivity contribution in [3.63, 3.8) is 0 Å². The average Bonchev–Trinajstić information content (AvgIpc) is 2.65. The van der Waals surface area contributed by atoms with Crippen LogP contribution in [0.4, 0.5) is 9.18 Å². The van der Waals surface area contributed by atoms with Gasteiger partial charge in [-0.1, -0.05) is 31.4 Å². The summed E-state index contributed by atoms with van der Waals surface area (Å²) in [6.45, 7) is 0.950. The lowest BCUT2D eigenvalue weighted by Crippen LogP contribution is -2.46. The molecule has 3 amide bonds. The molecule has 1 aliphatic rings. The van der Waals surface area contributed by atoms with Gasteiger partial charge in [0.25, 0.3) is 0 Å². The Morgan fingerprint density at radius 3 is 2.48 bits per heavy atom. The van der Waals surface area contributed by atoms with Gasteiger partial charge in [-0.2, -0.15) is 0 Å². The van der Waals surface area contributed by atoms with Gasteiger partial charge in [0, 0.05) is 32.6 Å². The third kappa shape index (κ3) is 6.36. The van der Waals surface area contributed by atoms with E-state index in [9.17, 15) is 14.0 Å². The Labute approximate surface area is 149 Å². The second-order valence-corrected chi connectivity index (χ2v) is 6.55. The Morgan fingerprint density at radius 2 is 1.84 bits per heavy atom. The van der Waals surface area contributed by atoms with Gasteiger partial charge in [0.1, 0.15) is 5.82 Å². The number of hydrogen-bond donors (Lipinski definition) is 2. The number of nitrogens with one attached hydrogen (secondary N) is 2. The molecule has 1 saturated carbocycles. The highest BCUT2D eigenvalue weighted by molar-refractivity contribution is 5.76. The van der Waals surface area contributed by atoms with Crippen LogP contribution in [0.25, 0.3) is 0 Å². The monoisotopic (exact) mass is 349 g/mol. The minimum Gasteiger partial charge on any atom is -0.359 e. The standard InChI is InChI=1S/C19H28FN3O2/c1-21-18(24)8-5-13-22-19(25)23(17-6-3-2-4-7-17)14-15-9-11-16(20)12-10-15/h9-12,17H,2-8,13-14H2,1H3,(H,21,24)(H,22,25). The fourth-order valence-corrected chi connectivity index (χ4v) is 3.22. The highest BCUT2D eigenvalue weighted by Gasteiger charge is 2.25. The lowest BCUT2D eigenvalue weighted by Gasteiger charge is -2.34. The zero-order valence-corrected chi connectivity index (χ0v) is 14.9. The molecule has 0 aromatic heterocycles. The Bertz CT molecular complexity index is 556. The predicted octanol–water partition coefficient (Wildman–Crippen LogP) is 3.20. The molecule has 1 fully saturated rings. The first-order valence-corrected chi connectivity index (χ1v) is 9.09. The molecule has 0 radical (unpaired) electrons. The summed E-state index contributed by atoms with van der Waals surface area (Å²) < 4.78 is 13.1. The Kier molecular flexibility index (Phi) is 7.70. The quantitative estimate of drug-likeness (QED) is 0.743. The van der Waals surface area contributed by atoms with Crippen LogP contribution in [0.1, 0.15) is 50.5 Å². The maximum Gasteiger partial charge on any atom is 0.317 e. The van der Waals surface area contributed by atoms with Crippen molar-refractivity contribution in [3.8, 4) is 0 Å². The fourth-order valence-electron chi connectivity index (χ4n) is 3.22. The van der Waals surface area contributed by atoms with E-state index in [-0.39, 0.29) is 23.8 Å². The van der Waals surface area contributed by atoms with Crippen LogP contribution >= 0.6 is 0 Å². The number of nitrogens with zero attached hydrogens (tertiary/aromatic N) is 1. The van der Waals surface area contributed by atoms with E-state index in [1.807, 2.05) is 4.90 Å². The smallest absolute Gasteiger partial charge is 0.317 e. The van der Waals surface area contributed by atoms with E-state index >= 15 is 0 Å². The third-order valence-corrected chi connectivity index (χ3v) is 4.68. The second kappa shape index (κ2) is 10.0. The van der Waals surface area contributed by atoms with E-state index in [0.717, 1.165) is 31.2 Å². The molecule has 0 atom stereocenters. The molecule has 0 saturated heterocycles. The number of amides is 3. The van der Waals surface area contributed by atoms with E-state index in [4.69, 9.17) is 0 Å². The Morgan fingerprint density at radius 1 is 1.16 bits per heavy atom. The minimum atomic E-state index is -0.272. The minimum absolute atomic E-state index is 0.0234. The zero-order chi connectivity index (χ0) is 18.1. The van der Waals surface area contributed by atoms with E-state index in [1.165, 1.54) is 18.6 Å². The predicted molar refractivity (Wildman–Crippen MR) is 95.5 cm³/mol. The van der Waals surface area contributed by atoms with Crippen LogP contribution in [-0.2, 0) is 11.3 Å². The van der Waals surface area contributed by atoms with Gasteiger partial charge in [-0.15, -0.1) is 0 Å². The van der Waals surface area contributed by atoms with Crippen molar-refractivity contribution in [2.45, 2.75) is 57.5 Å². The summed E-state index contributed by atoms with van der Waals surface area (Å²) in [5.41, 5.74) is 0.924. The molecular formula is C19H28FN3O2. The highest BCUT2D eigenvalue weighted by Crippen LogP contribution is 2.24. The molecule has 25 heavy (non-hydrogen) atoms. The SMILES string of the molecule is CNC(=O)CCCNC(=O)N(Cc1ccc(F)cc1)C1CCCCC1. The van der Waals surface area contributed by atoms with Gasteiger partial charge in [0.2, 0.25) is 5.91 Å². The van der Waals surface area contributed by atoms with Gasteiger partial charge < -0.3 is 15.5 Å². The van der Waals surface area contributed by atoms with Crippen LogP contribution in [0, 0.1) is 5.82 Å². The molecule has 0 unspecified atom stereocenters. The molecule has 2 rings (SSSR count). The summed E-state index contributed by atoms with van der Waals surface area (Å²) in [5.74, 6) is -0.295. The van der Waals surface area contributed by atoms with Gasteiger partial charge in [-0.05, 0) is 37.0 Å². The van der Waals surface area contributed by atoms with Crippen LogP contribution in [0.5, 0.6) is 0 Å². The third-order valence-electron chi connectivity index (χ3n) is 4.68. The molecule has 1 aromatic carbocycles. The van der Waals surface area contributed by atoms with Crippen molar-refractivity contribution in [2.24, 2.45) is 0 Å². The molecular weight excluding hydrogens is 321 g/mol. The van der Waals surface area contributed by atoms with Crippen molar-refractivity contribution >= 4 is 11.9 Å². The molecule has 2 N–H and O–H groups in total. The van der Waals surface area contributed by atoms with Gasteiger partial charge in [0.05, 0.1) is 0 Å². The number of urea groups is 1. The number of carbonyl (C=O) groups is 2. The van der Waals surface area contributed by atoms with E-state index < -0.39 is 0 Å². The Hall–Kier alpha value is -2.11. The number of carbonyl (C=O) groups excluding carboxylic acids is 2. The molecule has 0 spiro atoms. The van der Waals surface area contributed by atoms with Crippen LogP contribution in [0.3, 0.4) is 0 Å². The molecule has 138 valence electrons. The molecule has 1 aliphatic carbocycles. The zero-order valence-electron chi connectivity index (χ0n) is 14.9. The molecule has 1 aromatic rings. The lowest BCUT2D eigenvalue weighted by atomic mass is 9.94. The van der Waals surface area contributed by atoms with Crippen molar-refractivity contribution in [1.29, 1.82) is 0 Å².